The van der Waals surface area contributed by atoms with Crippen LogP contribution in [-0.4, -0.2) is 49.6 Å². The van der Waals surface area contributed by atoms with Gasteiger partial charge in [-0.25, -0.2) is 22.3 Å². The van der Waals surface area contributed by atoms with Crippen molar-refractivity contribution < 1.29 is 22.7 Å². The minimum atomic E-state index is -3.87. The van der Waals surface area contributed by atoms with E-state index in [9.17, 15) is 17.6 Å². The van der Waals surface area contributed by atoms with Crippen LogP contribution in [0.5, 0.6) is 0 Å². The van der Waals surface area contributed by atoms with Crippen LogP contribution in [0.4, 0.5) is 4.39 Å². The second kappa shape index (κ2) is 8.24. The summed E-state index contributed by atoms with van der Waals surface area (Å²) in [6.45, 7) is 5.79. The van der Waals surface area contributed by atoms with E-state index < -0.39 is 27.4 Å². The van der Waals surface area contributed by atoms with E-state index in [1.165, 1.54) is 0 Å². The van der Waals surface area contributed by atoms with Crippen molar-refractivity contribution in [2.24, 2.45) is 0 Å². The first-order valence-electron chi connectivity index (χ1n) is 7.50. The number of sulfonamides is 1. The van der Waals surface area contributed by atoms with Crippen LogP contribution < -0.4 is 4.72 Å². The Kier molecular flexibility index (Phi) is 7.15. The van der Waals surface area contributed by atoms with Crippen LogP contribution in [0.25, 0.3) is 0 Å². The summed E-state index contributed by atoms with van der Waals surface area (Å²) in [6.07, 6.45) is 1.37. The number of carboxylic acids is 1. The average molecular weight is 381 g/mol. The van der Waals surface area contributed by atoms with Crippen LogP contribution in [0, 0.1) is 5.82 Å². The van der Waals surface area contributed by atoms with E-state index in [4.69, 9.17) is 5.11 Å². The molecule has 0 bridgehead atoms. The van der Waals surface area contributed by atoms with Gasteiger partial charge in [-0.1, -0.05) is 0 Å². The molecule has 6 nitrogen and oxygen atoms in total. The SMILES string of the molecule is CC(C)N1CCC(NS(=O)(=O)c2ccc(F)c(C(=O)O)c2)CC1.Cl. The molecule has 1 fully saturated rings. The fourth-order valence-electron chi connectivity index (χ4n) is 2.66. The van der Waals surface area contributed by atoms with Gasteiger partial charge in [-0.2, -0.15) is 0 Å². The van der Waals surface area contributed by atoms with Gasteiger partial charge in [0.2, 0.25) is 10.0 Å². The molecule has 0 atom stereocenters. The van der Waals surface area contributed by atoms with Crippen molar-refractivity contribution >= 4 is 28.4 Å². The van der Waals surface area contributed by atoms with Crippen LogP contribution in [0.3, 0.4) is 0 Å². The Morgan fingerprint density at radius 1 is 1.33 bits per heavy atom. The molecule has 2 N–H and O–H groups in total. The van der Waals surface area contributed by atoms with Gasteiger partial charge in [-0.3, -0.25) is 0 Å². The lowest BCUT2D eigenvalue weighted by molar-refractivity contribution is 0.0691. The molecule has 2 rings (SSSR count). The van der Waals surface area contributed by atoms with Crippen LogP contribution in [-0.2, 0) is 10.0 Å². The molecule has 1 aromatic carbocycles. The molecular formula is C15H22ClFN2O4S. The molecule has 0 unspecified atom stereocenters. The maximum absolute atomic E-state index is 13.4. The quantitative estimate of drug-likeness (QED) is 0.816. The molecule has 1 saturated heterocycles. The van der Waals surface area contributed by atoms with Gasteiger partial charge in [0.1, 0.15) is 5.82 Å². The van der Waals surface area contributed by atoms with Crippen LogP contribution in [0.2, 0.25) is 0 Å². The highest BCUT2D eigenvalue weighted by molar-refractivity contribution is 7.89. The van der Waals surface area contributed by atoms with Gasteiger partial charge in [0, 0.05) is 12.1 Å². The Hall–Kier alpha value is -1.22. The number of hydrogen-bond acceptors (Lipinski definition) is 4. The number of nitrogens with one attached hydrogen (secondary N) is 1. The van der Waals surface area contributed by atoms with Crippen molar-refractivity contribution in [3.63, 3.8) is 0 Å². The van der Waals surface area contributed by atoms with Gasteiger partial charge >= 0.3 is 5.97 Å². The number of benzene rings is 1. The summed E-state index contributed by atoms with van der Waals surface area (Å²) >= 11 is 0. The van der Waals surface area contributed by atoms with Crippen LogP contribution in [0.1, 0.15) is 37.0 Å². The van der Waals surface area contributed by atoms with Crippen molar-refractivity contribution in [2.75, 3.05) is 13.1 Å². The van der Waals surface area contributed by atoms with E-state index >= 15 is 0 Å². The van der Waals surface area contributed by atoms with Crippen LogP contribution in [0.15, 0.2) is 23.1 Å². The molecule has 0 aromatic heterocycles. The Morgan fingerprint density at radius 2 is 1.92 bits per heavy atom. The average Bonchev–Trinajstić information content (AvgIpc) is 2.47. The summed E-state index contributed by atoms with van der Waals surface area (Å²) in [5.41, 5.74) is -0.650. The Balaban J connectivity index is 0.00000288. The standard InChI is InChI=1S/C15H21FN2O4S.ClH/c1-10(2)18-7-5-11(6-8-18)17-23(21,22)12-3-4-14(16)13(9-12)15(19)20;/h3-4,9-11,17H,5-8H2,1-2H3,(H,19,20);1H. The molecule has 136 valence electrons. The lowest BCUT2D eigenvalue weighted by Crippen LogP contribution is -2.46. The number of aromatic carboxylic acids is 1. The van der Waals surface area contributed by atoms with E-state index in [1.54, 1.807) is 0 Å². The molecule has 24 heavy (non-hydrogen) atoms. The monoisotopic (exact) mass is 380 g/mol. The summed E-state index contributed by atoms with van der Waals surface area (Å²) < 4.78 is 40.7. The predicted molar refractivity (Wildman–Crippen MR) is 90.7 cm³/mol. The van der Waals surface area contributed by atoms with E-state index in [0.717, 1.165) is 31.3 Å². The Labute approximate surface area is 147 Å². The summed E-state index contributed by atoms with van der Waals surface area (Å²) in [7, 11) is -3.87. The Morgan fingerprint density at radius 3 is 2.42 bits per heavy atom. The number of halogens is 2. The van der Waals surface area contributed by atoms with Crippen LogP contribution >= 0.6 is 12.4 Å². The minimum Gasteiger partial charge on any atom is -0.478 e. The molecular weight excluding hydrogens is 359 g/mol. The van der Waals surface area contributed by atoms with E-state index in [2.05, 4.69) is 23.5 Å². The zero-order valence-corrected chi connectivity index (χ0v) is 15.2. The van der Waals surface area contributed by atoms with Crippen molar-refractivity contribution in [1.29, 1.82) is 0 Å². The number of carboxylic acid groups (broad SMARTS) is 1. The lowest BCUT2D eigenvalue weighted by atomic mass is 10.1. The van der Waals surface area contributed by atoms with E-state index in [1.807, 2.05) is 0 Å². The second-order valence-corrected chi connectivity index (χ2v) is 7.69. The first kappa shape index (κ1) is 20.8. The Bertz CT molecular complexity index is 689. The zero-order valence-electron chi connectivity index (χ0n) is 13.5. The van der Waals surface area contributed by atoms with Gasteiger partial charge in [0.15, 0.2) is 0 Å². The lowest BCUT2D eigenvalue weighted by Gasteiger charge is -2.34. The van der Waals surface area contributed by atoms with Gasteiger partial charge < -0.3 is 10.0 Å². The first-order valence-corrected chi connectivity index (χ1v) is 8.98. The number of nitrogens with zero attached hydrogens (tertiary/aromatic N) is 1. The highest BCUT2D eigenvalue weighted by Crippen LogP contribution is 2.18. The molecule has 0 saturated carbocycles. The molecule has 1 aliphatic heterocycles. The maximum atomic E-state index is 13.4. The molecule has 1 aromatic rings. The molecule has 1 aliphatic rings. The third-order valence-corrected chi connectivity index (χ3v) is 5.58. The highest BCUT2D eigenvalue weighted by atomic mass is 35.5. The molecule has 0 aliphatic carbocycles. The minimum absolute atomic E-state index is 0. The van der Waals surface area contributed by atoms with E-state index in [0.29, 0.717) is 18.9 Å². The normalized spacial score (nSPS) is 16.8. The number of piperidine rings is 1. The number of hydrogen-bond donors (Lipinski definition) is 2. The summed E-state index contributed by atoms with van der Waals surface area (Å²) in [4.78, 5) is 13.0. The van der Waals surface area contributed by atoms with Gasteiger partial charge in [-0.15, -0.1) is 12.4 Å². The largest absolute Gasteiger partial charge is 0.478 e. The number of carbonyl (C=O) groups is 1. The molecule has 0 amide bonds. The van der Waals surface area contributed by atoms with Crippen molar-refractivity contribution in [3.05, 3.63) is 29.6 Å². The molecule has 0 spiro atoms. The number of likely N-dealkylation sites (tertiary alicyclic amines) is 1. The van der Waals surface area contributed by atoms with Crippen molar-refractivity contribution in [1.82, 2.24) is 9.62 Å². The molecule has 1 heterocycles. The molecule has 9 heteroatoms. The fourth-order valence-corrected chi connectivity index (χ4v) is 3.99. The zero-order chi connectivity index (χ0) is 17.2. The van der Waals surface area contributed by atoms with Gasteiger partial charge in [0.05, 0.1) is 10.5 Å². The smallest absolute Gasteiger partial charge is 0.338 e. The maximum Gasteiger partial charge on any atom is 0.338 e. The third-order valence-electron chi connectivity index (χ3n) is 4.06. The summed E-state index contributed by atoms with van der Waals surface area (Å²) in [5, 5.41) is 8.90. The van der Waals surface area contributed by atoms with E-state index in [-0.39, 0.29) is 23.3 Å². The fraction of sp³-hybridized carbons (Fsp3) is 0.533. The second-order valence-electron chi connectivity index (χ2n) is 5.97. The first-order chi connectivity index (χ1) is 10.7. The van der Waals surface area contributed by atoms with Crippen molar-refractivity contribution in [2.45, 2.75) is 43.7 Å². The summed E-state index contributed by atoms with van der Waals surface area (Å²) in [6, 6.07) is 3.01. The van der Waals surface area contributed by atoms with Gasteiger partial charge in [0.25, 0.3) is 0 Å². The highest BCUT2D eigenvalue weighted by Gasteiger charge is 2.26. The number of rotatable bonds is 5. The third kappa shape index (κ3) is 4.89. The molecule has 0 radical (unpaired) electrons. The topological polar surface area (TPSA) is 86.7 Å². The van der Waals surface area contributed by atoms with Crippen molar-refractivity contribution in [3.8, 4) is 0 Å². The predicted octanol–water partition coefficient (Wildman–Crippen LogP) is 2.10. The van der Waals surface area contributed by atoms with Gasteiger partial charge in [-0.05, 0) is 58.0 Å². The summed E-state index contributed by atoms with van der Waals surface area (Å²) in [5.74, 6) is -2.45.